The third kappa shape index (κ3) is 2.07. The van der Waals surface area contributed by atoms with Crippen molar-refractivity contribution in [1.82, 2.24) is 24.6 Å². The van der Waals surface area contributed by atoms with Crippen molar-refractivity contribution in [2.24, 2.45) is 7.05 Å². The number of nitrogens with one attached hydrogen (secondary N) is 1. The number of H-pyrrole nitrogens is 1. The monoisotopic (exact) mass is 295 g/mol. The van der Waals surface area contributed by atoms with Gasteiger partial charge in [-0.15, -0.1) is 0 Å². The van der Waals surface area contributed by atoms with Crippen molar-refractivity contribution in [3.8, 4) is 0 Å². The van der Waals surface area contributed by atoms with Gasteiger partial charge >= 0.3 is 0 Å². The van der Waals surface area contributed by atoms with Gasteiger partial charge in [0.25, 0.3) is 5.91 Å². The number of carbonyl (C=O) groups excluding carboxylic acids is 1. The number of benzene rings is 1. The SMILES string of the molecule is Cn1cc(C2CCCN2C(=O)c2ccc3nc[nH]c3c2)cn1. The topological polar surface area (TPSA) is 66.8 Å². The third-order valence-corrected chi connectivity index (χ3v) is 4.29. The van der Waals surface area contributed by atoms with Crippen LogP contribution in [0.1, 0.15) is 34.8 Å². The highest BCUT2D eigenvalue weighted by atomic mass is 16.2. The first-order chi connectivity index (χ1) is 10.7. The number of amides is 1. The number of fused-ring (bicyclic) bond motifs is 1. The lowest BCUT2D eigenvalue weighted by Crippen LogP contribution is -2.30. The number of carbonyl (C=O) groups is 1. The second kappa shape index (κ2) is 4.98. The average Bonchev–Trinajstić information content (AvgIpc) is 3.25. The first kappa shape index (κ1) is 13.1. The highest BCUT2D eigenvalue weighted by Gasteiger charge is 2.31. The maximum Gasteiger partial charge on any atom is 0.254 e. The van der Waals surface area contributed by atoms with Crippen LogP contribution in [0.15, 0.2) is 36.9 Å². The fourth-order valence-electron chi connectivity index (χ4n) is 3.20. The van der Waals surface area contributed by atoms with Gasteiger partial charge in [0.05, 0.1) is 29.6 Å². The van der Waals surface area contributed by atoms with Gasteiger partial charge in [-0.2, -0.15) is 5.10 Å². The van der Waals surface area contributed by atoms with Gasteiger partial charge in [0.2, 0.25) is 0 Å². The molecular formula is C16H17N5O. The van der Waals surface area contributed by atoms with Crippen molar-refractivity contribution < 1.29 is 4.79 Å². The van der Waals surface area contributed by atoms with Gasteiger partial charge in [0.1, 0.15) is 0 Å². The van der Waals surface area contributed by atoms with Gasteiger partial charge in [-0.05, 0) is 31.0 Å². The Morgan fingerprint density at radius 1 is 1.41 bits per heavy atom. The summed E-state index contributed by atoms with van der Waals surface area (Å²) < 4.78 is 1.78. The number of likely N-dealkylation sites (tertiary alicyclic amines) is 1. The molecule has 4 rings (SSSR count). The van der Waals surface area contributed by atoms with Gasteiger partial charge in [0.15, 0.2) is 0 Å². The summed E-state index contributed by atoms with van der Waals surface area (Å²) in [5, 5.41) is 4.23. The zero-order valence-corrected chi connectivity index (χ0v) is 12.4. The van der Waals surface area contributed by atoms with Crippen molar-refractivity contribution in [3.05, 3.63) is 48.0 Å². The second-order valence-corrected chi connectivity index (χ2v) is 5.74. The first-order valence-corrected chi connectivity index (χ1v) is 7.45. The summed E-state index contributed by atoms with van der Waals surface area (Å²) >= 11 is 0. The molecule has 0 saturated carbocycles. The van der Waals surface area contributed by atoms with E-state index in [1.54, 1.807) is 11.0 Å². The van der Waals surface area contributed by atoms with E-state index in [4.69, 9.17) is 0 Å². The van der Waals surface area contributed by atoms with Crippen LogP contribution in [0.5, 0.6) is 0 Å². The molecule has 1 atom stereocenters. The molecule has 0 aliphatic carbocycles. The number of hydrogen-bond donors (Lipinski definition) is 1. The molecule has 112 valence electrons. The Bertz CT molecular complexity index is 834. The predicted octanol–water partition coefficient (Wildman–Crippen LogP) is 2.27. The number of aromatic nitrogens is 4. The van der Waals surface area contributed by atoms with E-state index in [9.17, 15) is 4.79 Å². The first-order valence-electron chi connectivity index (χ1n) is 7.45. The van der Waals surface area contributed by atoms with Gasteiger partial charge in [0, 0.05) is 30.9 Å². The molecule has 1 aliphatic rings. The van der Waals surface area contributed by atoms with Crippen LogP contribution in [-0.4, -0.2) is 37.1 Å². The molecule has 6 nitrogen and oxygen atoms in total. The normalized spacial score (nSPS) is 18.2. The molecule has 1 saturated heterocycles. The molecule has 6 heteroatoms. The van der Waals surface area contributed by atoms with Crippen LogP contribution in [0, 0.1) is 0 Å². The van der Waals surface area contributed by atoms with Crippen LogP contribution in [0.3, 0.4) is 0 Å². The number of aryl methyl sites for hydroxylation is 1. The highest BCUT2D eigenvalue weighted by molar-refractivity contribution is 5.97. The Kier molecular flexibility index (Phi) is 2.96. The minimum atomic E-state index is 0.0721. The molecule has 0 spiro atoms. The lowest BCUT2D eigenvalue weighted by molar-refractivity contribution is 0.0736. The molecule has 22 heavy (non-hydrogen) atoms. The van der Waals surface area contributed by atoms with E-state index >= 15 is 0 Å². The number of hydrogen-bond acceptors (Lipinski definition) is 3. The lowest BCUT2D eigenvalue weighted by Gasteiger charge is -2.24. The molecule has 1 aromatic carbocycles. The van der Waals surface area contributed by atoms with E-state index in [0.717, 1.165) is 36.0 Å². The van der Waals surface area contributed by atoms with E-state index in [2.05, 4.69) is 15.1 Å². The summed E-state index contributed by atoms with van der Waals surface area (Å²) in [6.45, 7) is 0.791. The molecule has 0 bridgehead atoms. The van der Waals surface area contributed by atoms with E-state index in [1.165, 1.54) is 0 Å². The van der Waals surface area contributed by atoms with E-state index in [1.807, 2.05) is 42.5 Å². The summed E-state index contributed by atoms with van der Waals surface area (Å²) in [6, 6.07) is 5.74. The molecular weight excluding hydrogens is 278 g/mol. The van der Waals surface area contributed by atoms with Gasteiger partial charge in [-0.1, -0.05) is 0 Å². The molecule has 3 aromatic rings. The quantitative estimate of drug-likeness (QED) is 0.788. The van der Waals surface area contributed by atoms with Crippen LogP contribution in [0.25, 0.3) is 11.0 Å². The van der Waals surface area contributed by atoms with Crippen LogP contribution in [-0.2, 0) is 7.05 Å². The molecule has 1 fully saturated rings. The molecule has 1 amide bonds. The fourth-order valence-corrected chi connectivity index (χ4v) is 3.20. The summed E-state index contributed by atoms with van der Waals surface area (Å²) in [5.74, 6) is 0.0721. The Balaban J connectivity index is 1.65. The van der Waals surface area contributed by atoms with Gasteiger partial charge < -0.3 is 9.88 Å². The molecule has 1 aliphatic heterocycles. The van der Waals surface area contributed by atoms with Crippen molar-refractivity contribution in [2.75, 3.05) is 6.54 Å². The Morgan fingerprint density at radius 2 is 2.32 bits per heavy atom. The Morgan fingerprint density at radius 3 is 3.14 bits per heavy atom. The minimum absolute atomic E-state index is 0.0721. The summed E-state index contributed by atoms with van der Waals surface area (Å²) in [6.07, 6.45) is 7.51. The summed E-state index contributed by atoms with van der Waals surface area (Å²) in [7, 11) is 1.90. The van der Waals surface area contributed by atoms with Crippen molar-refractivity contribution in [1.29, 1.82) is 0 Å². The van der Waals surface area contributed by atoms with E-state index in [-0.39, 0.29) is 11.9 Å². The molecule has 1 N–H and O–H groups in total. The Labute approximate surface area is 127 Å². The minimum Gasteiger partial charge on any atom is -0.345 e. The maximum atomic E-state index is 12.9. The molecule has 1 unspecified atom stereocenters. The van der Waals surface area contributed by atoms with Crippen LogP contribution < -0.4 is 0 Å². The lowest BCUT2D eigenvalue weighted by atomic mass is 10.1. The molecule has 3 heterocycles. The zero-order valence-electron chi connectivity index (χ0n) is 12.4. The molecule has 0 radical (unpaired) electrons. The maximum absolute atomic E-state index is 12.9. The van der Waals surface area contributed by atoms with Crippen LogP contribution in [0.2, 0.25) is 0 Å². The zero-order chi connectivity index (χ0) is 15.1. The van der Waals surface area contributed by atoms with Crippen molar-refractivity contribution in [2.45, 2.75) is 18.9 Å². The number of rotatable bonds is 2. The van der Waals surface area contributed by atoms with Crippen LogP contribution in [0.4, 0.5) is 0 Å². The number of aromatic amines is 1. The predicted molar refractivity (Wildman–Crippen MR) is 82.3 cm³/mol. The number of imidazole rings is 1. The largest absolute Gasteiger partial charge is 0.345 e. The van der Waals surface area contributed by atoms with Gasteiger partial charge in [-0.3, -0.25) is 9.48 Å². The highest BCUT2D eigenvalue weighted by Crippen LogP contribution is 2.33. The smallest absolute Gasteiger partial charge is 0.254 e. The van der Waals surface area contributed by atoms with Crippen LogP contribution >= 0.6 is 0 Å². The third-order valence-electron chi connectivity index (χ3n) is 4.29. The van der Waals surface area contributed by atoms with Crippen molar-refractivity contribution >= 4 is 16.9 Å². The number of nitrogens with zero attached hydrogens (tertiary/aromatic N) is 4. The van der Waals surface area contributed by atoms with Crippen molar-refractivity contribution in [3.63, 3.8) is 0 Å². The summed E-state index contributed by atoms with van der Waals surface area (Å²) in [5.41, 5.74) is 3.58. The average molecular weight is 295 g/mol. The fraction of sp³-hybridized carbons (Fsp3) is 0.312. The standard InChI is InChI=1S/C16H17N5O/c1-20-9-12(8-19-20)15-3-2-6-21(15)16(22)11-4-5-13-14(7-11)18-10-17-13/h4-5,7-10,15H,2-3,6H2,1H3,(H,17,18). The molecule has 2 aromatic heterocycles. The Hall–Kier alpha value is -2.63. The van der Waals surface area contributed by atoms with E-state index < -0.39 is 0 Å². The van der Waals surface area contributed by atoms with E-state index in [0.29, 0.717) is 5.56 Å². The van der Waals surface area contributed by atoms with Gasteiger partial charge in [-0.25, -0.2) is 4.98 Å². The second-order valence-electron chi connectivity index (χ2n) is 5.74. The summed E-state index contributed by atoms with van der Waals surface area (Å²) in [4.78, 5) is 22.1.